The monoisotopic (exact) mass is 371 g/mol. The van der Waals surface area contributed by atoms with Gasteiger partial charge in [0.25, 0.3) is 0 Å². The molecule has 0 unspecified atom stereocenters. The zero-order chi connectivity index (χ0) is 19.1. The Morgan fingerprint density at radius 2 is 1.96 bits per heavy atom. The van der Waals surface area contributed by atoms with Crippen molar-refractivity contribution in [3.8, 4) is 0 Å². The van der Waals surface area contributed by atoms with E-state index in [4.69, 9.17) is 4.74 Å². The fraction of sp³-hybridized carbons (Fsp3) is 0.500. The van der Waals surface area contributed by atoms with E-state index in [1.54, 1.807) is 23.5 Å². The van der Waals surface area contributed by atoms with Crippen LogP contribution in [0.3, 0.4) is 0 Å². The summed E-state index contributed by atoms with van der Waals surface area (Å²) in [4.78, 5) is 26.3. The number of nitrogens with zero attached hydrogens (tertiary/aromatic N) is 7. The number of carbonyl (C=O) groups is 1. The Morgan fingerprint density at radius 3 is 2.67 bits per heavy atom. The van der Waals surface area contributed by atoms with Crippen molar-refractivity contribution in [1.29, 1.82) is 0 Å². The summed E-state index contributed by atoms with van der Waals surface area (Å²) in [7, 11) is 1.99. The van der Waals surface area contributed by atoms with Crippen LogP contribution in [0.5, 0.6) is 0 Å². The Hall–Kier alpha value is -2.97. The zero-order valence-corrected chi connectivity index (χ0v) is 15.8. The Balaban J connectivity index is 1.56. The van der Waals surface area contributed by atoms with E-state index in [9.17, 15) is 4.79 Å². The van der Waals surface area contributed by atoms with Crippen molar-refractivity contribution >= 4 is 17.9 Å². The maximum Gasteiger partial charge on any atom is 0.409 e. The molecule has 27 heavy (non-hydrogen) atoms. The number of rotatable bonds is 6. The van der Waals surface area contributed by atoms with Crippen LogP contribution in [-0.4, -0.2) is 77.5 Å². The number of piperazine rings is 1. The van der Waals surface area contributed by atoms with E-state index in [-0.39, 0.29) is 6.09 Å². The molecule has 0 radical (unpaired) electrons. The Labute approximate surface area is 159 Å². The average Bonchev–Trinajstić information content (AvgIpc) is 2.73. The number of hydrogen-bond donors (Lipinski definition) is 0. The minimum Gasteiger partial charge on any atom is -0.450 e. The Bertz CT molecular complexity index is 735. The first-order valence-corrected chi connectivity index (χ1v) is 9.13. The Morgan fingerprint density at radius 1 is 1.22 bits per heavy atom. The van der Waals surface area contributed by atoms with E-state index < -0.39 is 0 Å². The summed E-state index contributed by atoms with van der Waals surface area (Å²) in [6, 6.07) is 4.03. The first-order valence-electron chi connectivity index (χ1n) is 9.13. The molecule has 0 aromatic carbocycles. The highest BCUT2D eigenvalue weighted by molar-refractivity contribution is 5.68. The van der Waals surface area contributed by atoms with Crippen LogP contribution in [0, 0.1) is 0 Å². The van der Waals surface area contributed by atoms with E-state index in [1.165, 1.54) is 5.56 Å². The molecule has 3 rings (SSSR count). The van der Waals surface area contributed by atoms with Crippen molar-refractivity contribution in [2.45, 2.75) is 13.3 Å². The lowest BCUT2D eigenvalue weighted by Crippen LogP contribution is -2.49. The molecule has 144 valence electrons. The first-order chi connectivity index (χ1) is 13.2. The summed E-state index contributed by atoms with van der Waals surface area (Å²) < 4.78 is 5.05. The minimum absolute atomic E-state index is 0.263. The van der Waals surface area contributed by atoms with Gasteiger partial charge in [0.1, 0.15) is 0 Å². The summed E-state index contributed by atoms with van der Waals surface area (Å²) >= 11 is 0. The quantitative estimate of drug-likeness (QED) is 0.749. The molecule has 3 heterocycles. The lowest BCUT2D eigenvalue weighted by Gasteiger charge is -2.34. The van der Waals surface area contributed by atoms with E-state index in [1.807, 2.05) is 31.0 Å². The van der Waals surface area contributed by atoms with Gasteiger partial charge in [-0.3, -0.25) is 4.98 Å². The molecule has 2 aromatic rings. The van der Waals surface area contributed by atoms with Gasteiger partial charge in [0.05, 0.1) is 12.8 Å². The lowest BCUT2D eigenvalue weighted by molar-refractivity contribution is 0.105. The molecule has 9 nitrogen and oxygen atoms in total. The summed E-state index contributed by atoms with van der Waals surface area (Å²) in [5.41, 5.74) is 1.23. The van der Waals surface area contributed by atoms with Crippen molar-refractivity contribution in [2.24, 2.45) is 0 Å². The van der Waals surface area contributed by atoms with Crippen LogP contribution in [0.4, 0.5) is 16.6 Å². The van der Waals surface area contributed by atoms with Gasteiger partial charge in [-0.1, -0.05) is 0 Å². The molecule has 0 N–H and O–H groups in total. The molecule has 1 fully saturated rings. The predicted octanol–water partition coefficient (Wildman–Crippen LogP) is 1.22. The van der Waals surface area contributed by atoms with Crippen molar-refractivity contribution in [2.75, 3.05) is 56.2 Å². The van der Waals surface area contributed by atoms with Gasteiger partial charge >= 0.3 is 6.09 Å². The van der Waals surface area contributed by atoms with E-state index in [2.05, 4.69) is 25.1 Å². The third-order valence-electron chi connectivity index (χ3n) is 4.50. The summed E-state index contributed by atoms with van der Waals surface area (Å²) in [5.74, 6) is 1.37. The van der Waals surface area contributed by atoms with Gasteiger partial charge in [0.15, 0.2) is 5.82 Å². The second-order valence-electron chi connectivity index (χ2n) is 6.31. The van der Waals surface area contributed by atoms with E-state index >= 15 is 0 Å². The minimum atomic E-state index is -0.263. The van der Waals surface area contributed by atoms with Gasteiger partial charge in [-0.25, -0.2) is 4.79 Å². The van der Waals surface area contributed by atoms with Gasteiger partial charge in [0.2, 0.25) is 5.95 Å². The predicted molar refractivity (Wildman–Crippen MR) is 102 cm³/mol. The smallest absolute Gasteiger partial charge is 0.409 e. The van der Waals surface area contributed by atoms with Gasteiger partial charge in [-0.15, -0.1) is 5.10 Å². The van der Waals surface area contributed by atoms with Crippen LogP contribution in [0.2, 0.25) is 0 Å². The highest BCUT2D eigenvalue weighted by Gasteiger charge is 2.24. The standard InChI is InChI=1S/C18H25N7O2/c1-3-27-18(26)25-12-10-24(11-13-25)17-21-16(14-20-22-17)23(2)9-6-15-4-7-19-8-5-15/h4-5,7-8,14H,3,6,9-13H2,1-2H3. The van der Waals surface area contributed by atoms with Gasteiger partial charge in [-0.05, 0) is 31.0 Å². The molecule has 0 atom stereocenters. The molecule has 1 aliphatic heterocycles. The second kappa shape index (κ2) is 9.11. The number of hydrogen-bond acceptors (Lipinski definition) is 8. The molecule has 0 spiro atoms. The maximum absolute atomic E-state index is 11.8. The molecule has 0 saturated carbocycles. The molecule has 1 amide bonds. The lowest BCUT2D eigenvalue weighted by atomic mass is 10.2. The fourth-order valence-electron chi connectivity index (χ4n) is 2.87. The Kier molecular flexibility index (Phi) is 6.35. The van der Waals surface area contributed by atoms with Gasteiger partial charge in [-0.2, -0.15) is 10.1 Å². The third kappa shape index (κ3) is 5.02. The van der Waals surface area contributed by atoms with Gasteiger partial charge < -0.3 is 19.4 Å². The molecule has 1 saturated heterocycles. The number of amides is 1. The topological polar surface area (TPSA) is 87.6 Å². The van der Waals surface area contributed by atoms with Crippen LogP contribution in [0.15, 0.2) is 30.7 Å². The average molecular weight is 371 g/mol. The van der Waals surface area contributed by atoms with Crippen molar-refractivity contribution in [1.82, 2.24) is 25.1 Å². The maximum atomic E-state index is 11.8. The highest BCUT2D eigenvalue weighted by atomic mass is 16.6. The molecule has 2 aromatic heterocycles. The van der Waals surface area contributed by atoms with Crippen LogP contribution in [-0.2, 0) is 11.2 Å². The number of anilines is 2. The van der Waals surface area contributed by atoms with Crippen LogP contribution in [0.1, 0.15) is 12.5 Å². The number of aromatic nitrogens is 4. The largest absolute Gasteiger partial charge is 0.450 e. The van der Waals surface area contributed by atoms with Crippen LogP contribution >= 0.6 is 0 Å². The van der Waals surface area contributed by atoms with E-state index in [0.29, 0.717) is 38.7 Å². The number of ether oxygens (including phenoxy) is 1. The molecular weight excluding hydrogens is 346 g/mol. The normalized spacial score (nSPS) is 14.1. The molecule has 9 heteroatoms. The fourth-order valence-corrected chi connectivity index (χ4v) is 2.87. The SMILES string of the molecule is CCOC(=O)N1CCN(c2nncc(N(C)CCc3ccncc3)n2)CC1. The van der Waals surface area contributed by atoms with E-state index in [0.717, 1.165) is 18.8 Å². The summed E-state index contributed by atoms with van der Waals surface area (Å²) in [6.07, 6.45) is 5.91. The van der Waals surface area contributed by atoms with Crippen LogP contribution in [0.25, 0.3) is 0 Å². The molecule has 0 aliphatic carbocycles. The number of likely N-dealkylation sites (N-methyl/N-ethyl adjacent to an activating group) is 1. The first kappa shape index (κ1) is 18.8. The second-order valence-corrected chi connectivity index (χ2v) is 6.31. The molecular formula is C18H25N7O2. The summed E-state index contributed by atoms with van der Waals surface area (Å²) in [5, 5.41) is 8.27. The number of pyridine rings is 1. The summed E-state index contributed by atoms with van der Waals surface area (Å²) in [6.45, 7) is 5.51. The number of carbonyl (C=O) groups excluding carboxylic acids is 1. The third-order valence-corrected chi connectivity index (χ3v) is 4.50. The van der Waals surface area contributed by atoms with Crippen LogP contribution < -0.4 is 9.80 Å². The molecule has 1 aliphatic rings. The molecule has 0 bridgehead atoms. The van der Waals surface area contributed by atoms with Gasteiger partial charge in [0, 0.05) is 52.2 Å². The van der Waals surface area contributed by atoms with Crippen molar-refractivity contribution in [3.05, 3.63) is 36.3 Å². The van der Waals surface area contributed by atoms with Crippen molar-refractivity contribution in [3.63, 3.8) is 0 Å². The highest BCUT2D eigenvalue weighted by Crippen LogP contribution is 2.15. The zero-order valence-electron chi connectivity index (χ0n) is 15.8. The van der Waals surface area contributed by atoms with Crippen molar-refractivity contribution < 1.29 is 9.53 Å².